The number of hydrogen-bond donors (Lipinski definition) is 0. The first kappa shape index (κ1) is 15.6. The van der Waals surface area contributed by atoms with Gasteiger partial charge in [0.15, 0.2) is 0 Å². The lowest BCUT2D eigenvalue weighted by Gasteiger charge is -2.19. The molecule has 6 aromatic rings. The molecule has 150 valence electrons. The third-order valence-corrected chi connectivity index (χ3v) is 6.08. The number of benzene rings is 6. The Labute approximate surface area is 192 Å². The normalized spacial score (nSPS) is 12.4. The topological polar surface area (TPSA) is 0 Å². The molecule has 0 fully saturated rings. The fraction of sp³-hybridized carbons (Fsp3) is 0. The Bertz CT molecular complexity index is 1660. The summed E-state index contributed by atoms with van der Waals surface area (Å²) in [5, 5.41) is 4.64. The summed E-state index contributed by atoms with van der Waals surface area (Å²) in [7, 11) is 0. The van der Waals surface area contributed by atoms with E-state index in [4.69, 9.17) is 4.11 Å². The van der Waals surface area contributed by atoms with E-state index in [9.17, 15) is 0 Å². The van der Waals surface area contributed by atoms with Gasteiger partial charge >= 0.3 is 0 Å². The lowest BCUT2D eigenvalue weighted by molar-refractivity contribution is 1.60. The van der Waals surface area contributed by atoms with Crippen LogP contribution in [0.25, 0.3) is 54.9 Å². The van der Waals surface area contributed by atoms with Crippen LogP contribution in [0.15, 0.2) is 133 Å². The molecule has 0 spiro atoms. The van der Waals surface area contributed by atoms with Crippen molar-refractivity contribution in [1.29, 1.82) is 0 Å². The summed E-state index contributed by atoms with van der Waals surface area (Å²) in [4.78, 5) is 0. The monoisotopic (exact) mass is 409 g/mol. The van der Waals surface area contributed by atoms with Gasteiger partial charge in [-0.15, -0.1) is 0 Å². The highest BCUT2D eigenvalue weighted by Gasteiger charge is 2.18. The number of fused-ring (bicyclic) bond motifs is 2. The van der Waals surface area contributed by atoms with Gasteiger partial charge in [0.05, 0.1) is 4.11 Å². The van der Waals surface area contributed by atoms with Gasteiger partial charge in [-0.2, -0.15) is 0 Å². The Morgan fingerprint density at radius 3 is 1.53 bits per heavy atom. The van der Waals surface area contributed by atoms with Crippen LogP contribution in [0.2, 0.25) is 0 Å². The first-order chi connectivity index (χ1) is 17.1. The second-order valence-corrected chi connectivity index (χ2v) is 7.89. The van der Waals surface area contributed by atoms with E-state index < -0.39 is 0 Å². The minimum Gasteiger partial charge on any atom is -0.0622 e. The van der Waals surface area contributed by atoms with Gasteiger partial charge in [0, 0.05) is 0 Å². The number of rotatable bonds is 3. The van der Waals surface area contributed by atoms with Gasteiger partial charge in [-0.3, -0.25) is 0 Å². The molecule has 0 saturated heterocycles. The molecule has 32 heavy (non-hydrogen) atoms. The van der Waals surface area contributed by atoms with Gasteiger partial charge < -0.3 is 0 Å². The lowest BCUT2D eigenvalue weighted by Crippen LogP contribution is -1.92. The van der Waals surface area contributed by atoms with Crippen LogP contribution in [0.1, 0.15) is 4.11 Å². The van der Waals surface area contributed by atoms with Gasteiger partial charge in [0.25, 0.3) is 0 Å². The Morgan fingerprint density at radius 1 is 0.375 bits per heavy atom. The van der Waals surface area contributed by atoms with Crippen molar-refractivity contribution in [2.75, 3.05) is 0 Å². The van der Waals surface area contributed by atoms with Crippen molar-refractivity contribution < 1.29 is 4.11 Å². The van der Waals surface area contributed by atoms with Crippen molar-refractivity contribution in [3.05, 3.63) is 133 Å². The fourth-order valence-electron chi connectivity index (χ4n) is 4.74. The molecule has 0 radical (unpaired) electrons. The number of hydrogen-bond acceptors (Lipinski definition) is 0. The molecule has 0 amide bonds. The van der Waals surface area contributed by atoms with E-state index in [1.165, 1.54) is 21.9 Å². The van der Waals surface area contributed by atoms with Gasteiger partial charge in [-0.1, -0.05) is 133 Å². The van der Waals surface area contributed by atoms with Gasteiger partial charge in [0.1, 0.15) is 0 Å². The second-order valence-electron chi connectivity index (χ2n) is 7.89. The Kier molecular flexibility index (Phi) is 3.82. The van der Waals surface area contributed by atoms with E-state index >= 15 is 0 Å². The SMILES string of the molecule is [2H]c1ccc(-c2ccccc2-c2c3ccccc3c(-c3ccccc3)c3ccccc23)c([2H])c1[2H]. The van der Waals surface area contributed by atoms with E-state index in [1.54, 1.807) is 12.1 Å². The smallest absolute Gasteiger partial charge is 0.0622 e. The summed E-state index contributed by atoms with van der Waals surface area (Å²) in [6.07, 6.45) is 0. The minimum atomic E-state index is -0.0496. The molecule has 6 rings (SSSR count). The van der Waals surface area contributed by atoms with Crippen molar-refractivity contribution in [3.8, 4) is 33.4 Å². The van der Waals surface area contributed by atoms with Gasteiger partial charge in [-0.05, 0) is 54.9 Å². The Hall–Kier alpha value is -4.16. The molecular weight excluding hydrogens is 384 g/mol. The molecule has 0 nitrogen and oxygen atoms in total. The maximum absolute atomic E-state index is 8.60. The predicted octanol–water partition coefficient (Wildman–Crippen LogP) is 8.99. The molecule has 0 heteroatoms. The maximum Gasteiger partial charge on any atom is 0.0629 e. The first-order valence-electron chi connectivity index (χ1n) is 12.3. The standard InChI is InChI=1S/C32H22/c1-3-13-23(14-4-1)25-17-7-8-18-26(25)32-29-21-11-9-19-27(29)31(24-15-5-2-6-16-24)28-20-10-12-22-30(28)32/h1-22H/i1D,3D,13D. The molecule has 0 heterocycles. The van der Waals surface area contributed by atoms with Crippen LogP contribution in [0.3, 0.4) is 0 Å². The van der Waals surface area contributed by atoms with Crippen molar-refractivity contribution in [1.82, 2.24) is 0 Å². The van der Waals surface area contributed by atoms with Crippen LogP contribution in [0, 0.1) is 0 Å². The zero-order valence-corrected chi connectivity index (χ0v) is 17.5. The lowest BCUT2D eigenvalue weighted by atomic mass is 9.84. The zero-order chi connectivity index (χ0) is 23.9. The van der Waals surface area contributed by atoms with E-state index in [1.807, 2.05) is 24.3 Å². The van der Waals surface area contributed by atoms with E-state index in [0.717, 1.165) is 27.5 Å². The summed E-state index contributed by atoms with van der Waals surface area (Å²) < 4.78 is 24.8. The van der Waals surface area contributed by atoms with Crippen LogP contribution in [-0.2, 0) is 0 Å². The molecule has 0 aliphatic carbocycles. The van der Waals surface area contributed by atoms with E-state index in [0.29, 0.717) is 5.56 Å². The summed E-state index contributed by atoms with van der Waals surface area (Å²) in [5.74, 6) is 0. The average molecular weight is 410 g/mol. The molecule has 0 N–H and O–H groups in total. The summed E-state index contributed by atoms with van der Waals surface area (Å²) in [5.41, 5.74) is 6.09. The molecule has 0 aliphatic heterocycles. The van der Waals surface area contributed by atoms with Crippen LogP contribution in [0.5, 0.6) is 0 Å². The van der Waals surface area contributed by atoms with Crippen molar-refractivity contribution in [2.24, 2.45) is 0 Å². The molecule has 0 saturated carbocycles. The van der Waals surface area contributed by atoms with Crippen LogP contribution in [-0.4, -0.2) is 0 Å². The van der Waals surface area contributed by atoms with Crippen LogP contribution in [0.4, 0.5) is 0 Å². The average Bonchev–Trinajstić information content (AvgIpc) is 2.91. The van der Waals surface area contributed by atoms with Gasteiger partial charge in [0.2, 0.25) is 0 Å². The fourth-order valence-corrected chi connectivity index (χ4v) is 4.74. The zero-order valence-electron chi connectivity index (χ0n) is 20.5. The quantitative estimate of drug-likeness (QED) is 0.256. The highest BCUT2D eigenvalue weighted by molar-refractivity contribution is 6.22. The summed E-state index contributed by atoms with van der Waals surface area (Å²) in [6, 6.07) is 39.2. The van der Waals surface area contributed by atoms with Crippen molar-refractivity contribution >= 4 is 21.5 Å². The second kappa shape index (κ2) is 7.83. The van der Waals surface area contributed by atoms with Crippen LogP contribution < -0.4 is 0 Å². The van der Waals surface area contributed by atoms with Crippen molar-refractivity contribution in [2.45, 2.75) is 0 Å². The highest BCUT2D eigenvalue weighted by atomic mass is 14.2. The Morgan fingerprint density at radius 2 is 0.875 bits per heavy atom. The Balaban J connectivity index is 1.76. The van der Waals surface area contributed by atoms with Crippen molar-refractivity contribution in [3.63, 3.8) is 0 Å². The molecule has 0 unspecified atom stereocenters. The molecule has 6 aromatic carbocycles. The third-order valence-electron chi connectivity index (χ3n) is 6.08. The van der Waals surface area contributed by atoms with E-state index in [2.05, 4.69) is 78.9 Å². The maximum atomic E-state index is 8.60. The first-order valence-corrected chi connectivity index (χ1v) is 10.8. The highest BCUT2D eigenvalue weighted by Crippen LogP contribution is 2.45. The predicted molar refractivity (Wildman–Crippen MR) is 138 cm³/mol. The largest absolute Gasteiger partial charge is 0.0629 e. The molecule has 0 aromatic heterocycles. The minimum absolute atomic E-state index is 0.0496. The molecule has 0 bridgehead atoms. The molecule has 0 atom stereocenters. The van der Waals surface area contributed by atoms with E-state index in [-0.39, 0.29) is 18.1 Å². The molecule has 0 aliphatic rings. The van der Waals surface area contributed by atoms with Crippen LogP contribution >= 0.6 is 0 Å². The summed E-state index contributed by atoms with van der Waals surface area (Å²) >= 11 is 0. The third kappa shape index (κ3) is 3.01. The summed E-state index contributed by atoms with van der Waals surface area (Å²) in [6.45, 7) is 0. The molecular formula is C32H22. The van der Waals surface area contributed by atoms with Gasteiger partial charge in [-0.25, -0.2) is 0 Å².